The first-order chi connectivity index (χ1) is 10.7. The highest BCUT2D eigenvalue weighted by molar-refractivity contribution is 5.79. The summed E-state index contributed by atoms with van der Waals surface area (Å²) in [5.74, 6) is 0.444. The van der Waals surface area contributed by atoms with Crippen molar-refractivity contribution in [3.8, 4) is 11.1 Å². The lowest BCUT2D eigenvalue weighted by atomic mass is 10.1. The zero-order valence-electron chi connectivity index (χ0n) is 12.1. The van der Waals surface area contributed by atoms with E-state index in [4.69, 9.17) is 0 Å². The molecular weight excluding hydrogens is 281 g/mol. The molecule has 1 amide bonds. The third kappa shape index (κ3) is 2.41. The summed E-state index contributed by atoms with van der Waals surface area (Å²) in [5.41, 5.74) is 1.80. The molecule has 2 bridgehead atoms. The van der Waals surface area contributed by atoms with E-state index < -0.39 is 0 Å². The highest BCUT2D eigenvalue weighted by Gasteiger charge is 2.40. The Kier molecular flexibility index (Phi) is 3.22. The number of nitrogens with one attached hydrogen (secondary N) is 2. The van der Waals surface area contributed by atoms with Crippen molar-refractivity contribution < 1.29 is 9.18 Å². The molecule has 2 aliphatic rings. The number of carbonyl (C=O) groups excluding carboxylic acids is 1. The minimum Gasteiger partial charge on any atom is -0.333 e. The van der Waals surface area contributed by atoms with E-state index in [1.54, 1.807) is 29.1 Å². The normalized spacial score (nSPS) is 26.3. The zero-order valence-corrected chi connectivity index (χ0v) is 12.1. The molecule has 22 heavy (non-hydrogen) atoms. The topological polar surface area (TPSA) is 46.1 Å². The van der Waals surface area contributed by atoms with E-state index in [-0.39, 0.29) is 17.9 Å². The maximum Gasteiger partial charge on any atom is 0.325 e. The Balaban J connectivity index is 1.46. The Bertz CT molecular complexity index is 694. The zero-order chi connectivity index (χ0) is 15.1. The molecule has 3 unspecified atom stereocenters. The number of piperidine rings is 1. The smallest absolute Gasteiger partial charge is 0.325 e. The van der Waals surface area contributed by atoms with E-state index in [2.05, 4.69) is 10.6 Å². The molecule has 2 N–H and O–H groups in total. The van der Waals surface area contributed by atoms with Gasteiger partial charge in [-0.3, -0.25) is 4.57 Å². The number of hydrogen-bond donors (Lipinski definition) is 2. The lowest BCUT2D eigenvalue weighted by Gasteiger charge is -2.23. The van der Waals surface area contributed by atoms with Crippen LogP contribution in [0.2, 0.25) is 0 Å². The van der Waals surface area contributed by atoms with Gasteiger partial charge in [-0.1, -0.05) is 12.1 Å². The van der Waals surface area contributed by atoms with Crippen LogP contribution < -0.4 is 10.6 Å². The fourth-order valence-corrected chi connectivity index (χ4v) is 3.58. The molecule has 1 saturated carbocycles. The molecule has 1 aromatic carbocycles. The first kappa shape index (κ1) is 13.5. The number of hydrogen-bond acceptors (Lipinski definition) is 2. The summed E-state index contributed by atoms with van der Waals surface area (Å²) in [7, 11) is 0. The Morgan fingerprint density at radius 3 is 2.68 bits per heavy atom. The summed E-state index contributed by atoms with van der Waals surface area (Å²) in [4.78, 5) is 12.3. The maximum absolute atomic E-state index is 13.0. The Morgan fingerprint density at radius 1 is 1.18 bits per heavy atom. The van der Waals surface area contributed by atoms with Gasteiger partial charge in [0.05, 0.1) is 0 Å². The number of nitrogens with zero attached hydrogens (tertiary/aromatic N) is 1. The average Bonchev–Trinajstić information content (AvgIpc) is 3.24. The van der Waals surface area contributed by atoms with E-state index in [0.717, 1.165) is 30.5 Å². The van der Waals surface area contributed by atoms with Gasteiger partial charge in [-0.2, -0.15) is 0 Å². The third-order valence-electron chi connectivity index (χ3n) is 4.74. The van der Waals surface area contributed by atoms with Crippen LogP contribution in [0, 0.1) is 11.7 Å². The van der Waals surface area contributed by atoms with Crippen LogP contribution >= 0.6 is 0 Å². The molecule has 1 saturated heterocycles. The summed E-state index contributed by atoms with van der Waals surface area (Å²) in [6, 6.07) is 8.68. The van der Waals surface area contributed by atoms with Crippen LogP contribution in [-0.2, 0) is 0 Å². The summed E-state index contributed by atoms with van der Waals surface area (Å²) < 4.78 is 14.5. The quantitative estimate of drug-likeness (QED) is 0.895. The highest BCUT2D eigenvalue weighted by Crippen LogP contribution is 2.31. The molecule has 1 aliphatic carbocycles. The van der Waals surface area contributed by atoms with E-state index in [1.165, 1.54) is 12.1 Å². The maximum atomic E-state index is 13.0. The Labute approximate surface area is 128 Å². The molecule has 0 spiro atoms. The summed E-state index contributed by atoms with van der Waals surface area (Å²) >= 11 is 0. The summed E-state index contributed by atoms with van der Waals surface area (Å²) in [6.07, 6.45) is 5.75. The molecule has 4 nitrogen and oxygen atoms in total. The number of fused-ring (bicyclic) bond motifs is 2. The molecule has 114 valence electrons. The lowest BCUT2D eigenvalue weighted by Crippen LogP contribution is -2.48. The minimum absolute atomic E-state index is 0.104. The van der Waals surface area contributed by atoms with Gasteiger partial charge in [0.2, 0.25) is 0 Å². The fourth-order valence-electron chi connectivity index (χ4n) is 3.58. The molecule has 0 radical (unpaired) electrons. The van der Waals surface area contributed by atoms with Crippen LogP contribution in [0.3, 0.4) is 0 Å². The van der Waals surface area contributed by atoms with Gasteiger partial charge in [-0.15, -0.1) is 0 Å². The van der Waals surface area contributed by atoms with Crippen LogP contribution in [0.4, 0.5) is 9.18 Å². The fraction of sp³-hybridized carbons (Fsp3) is 0.353. The molecule has 1 aromatic heterocycles. The van der Waals surface area contributed by atoms with Crippen LogP contribution in [0.1, 0.15) is 12.8 Å². The second kappa shape index (κ2) is 5.25. The van der Waals surface area contributed by atoms with Crippen molar-refractivity contribution in [2.45, 2.75) is 24.9 Å². The van der Waals surface area contributed by atoms with E-state index >= 15 is 0 Å². The number of amides is 1. The van der Waals surface area contributed by atoms with Gasteiger partial charge in [0.25, 0.3) is 0 Å². The Hall–Kier alpha value is -2.14. The van der Waals surface area contributed by atoms with Crippen LogP contribution in [0.5, 0.6) is 0 Å². The van der Waals surface area contributed by atoms with Gasteiger partial charge in [-0.25, -0.2) is 9.18 Å². The van der Waals surface area contributed by atoms with Crippen molar-refractivity contribution in [1.82, 2.24) is 15.2 Å². The molecule has 2 fully saturated rings. The number of aromatic nitrogens is 1. The van der Waals surface area contributed by atoms with Crippen molar-refractivity contribution in [3.63, 3.8) is 0 Å². The number of halogens is 1. The summed E-state index contributed by atoms with van der Waals surface area (Å²) in [6.45, 7) is 1.08. The predicted molar refractivity (Wildman–Crippen MR) is 82.1 cm³/mol. The van der Waals surface area contributed by atoms with Gasteiger partial charge in [0.15, 0.2) is 0 Å². The van der Waals surface area contributed by atoms with Gasteiger partial charge in [0, 0.05) is 24.5 Å². The van der Waals surface area contributed by atoms with Gasteiger partial charge in [-0.05, 0) is 54.6 Å². The molecule has 4 rings (SSSR count). The molecule has 5 heteroatoms. The van der Waals surface area contributed by atoms with Crippen LogP contribution in [0.15, 0.2) is 42.7 Å². The monoisotopic (exact) mass is 299 g/mol. The van der Waals surface area contributed by atoms with E-state index in [0.29, 0.717) is 12.0 Å². The second-order valence-corrected chi connectivity index (χ2v) is 6.22. The van der Waals surface area contributed by atoms with Gasteiger partial charge >= 0.3 is 6.03 Å². The standard InChI is InChI=1S/C17H18FN3O/c18-14-3-1-12(2-4-14)13-5-6-21(10-13)17(22)20-16-8-11-7-15(16)19-9-11/h1-6,10-11,15-16,19H,7-9H2,(H,20,22). The first-order valence-corrected chi connectivity index (χ1v) is 7.67. The SMILES string of the molecule is O=C(NC1CC2CNC1C2)n1ccc(-c2ccc(F)cc2)c1. The largest absolute Gasteiger partial charge is 0.333 e. The number of carbonyl (C=O) groups is 1. The molecule has 2 heterocycles. The third-order valence-corrected chi connectivity index (χ3v) is 4.74. The van der Waals surface area contributed by atoms with Crippen molar-refractivity contribution in [1.29, 1.82) is 0 Å². The van der Waals surface area contributed by atoms with Crippen molar-refractivity contribution in [3.05, 3.63) is 48.5 Å². The van der Waals surface area contributed by atoms with Crippen molar-refractivity contribution in [2.24, 2.45) is 5.92 Å². The minimum atomic E-state index is -0.260. The van der Waals surface area contributed by atoms with Gasteiger partial charge < -0.3 is 10.6 Å². The molecule has 3 atom stereocenters. The first-order valence-electron chi connectivity index (χ1n) is 7.67. The average molecular weight is 299 g/mol. The Morgan fingerprint density at radius 2 is 2.00 bits per heavy atom. The van der Waals surface area contributed by atoms with E-state index in [9.17, 15) is 9.18 Å². The van der Waals surface area contributed by atoms with Crippen LogP contribution in [0.25, 0.3) is 11.1 Å². The predicted octanol–water partition coefficient (Wildman–Crippen LogP) is 2.60. The highest BCUT2D eigenvalue weighted by atomic mass is 19.1. The van der Waals surface area contributed by atoms with Crippen molar-refractivity contribution >= 4 is 6.03 Å². The number of benzene rings is 1. The summed E-state index contributed by atoms with van der Waals surface area (Å²) in [5, 5.41) is 6.54. The molecular formula is C17H18FN3O. The van der Waals surface area contributed by atoms with Crippen LogP contribution in [-0.4, -0.2) is 29.2 Å². The second-order valence-electron chi connectivity index (χ2n) is 6.22. The van der Waals surface area contributed by atoms with Gasteiger partial charge in [0.1, 0.15) is 5.82 Å². The lowest BCUT2D eigenvalue weighted by molar-refractivity contribution is 0.234. The molecule has 1 aliphatic heterocycles. The molecule has 2 aromatic rings. The van der Waals surface area contributed by atoms with Crippen molar-refractivity contribution in [2.75, 3.05) is 6.54 Å². The number of rotatable bonds is 2. The van der Waals surface area contributed by atoms with E-state index in [1.807, 2.05) is 6.07 Å².